The van der Waals surface area contributed by atoms with E-state index in [0.717, 1.165) is 17.5 Å². The van der Waals surface area contributed by atoms with Gasteiger partial charge >= 0.3 is 0 Å². The minimum absolute atomic E-state index is 0.189. The average molecular weight is 360 g/mol. The monoisotopic (exact) mass is 359 g/mol. The van der Waals surface area contributed by atoms with Gasteiger partial charge in [0.1, 0.15) is 0 Å². The van der Waals surface area contributed by atoms with Crippen molar-refractivity contribution in [2.45, 2.75) is 52.6 Å². The van der Waals surface area contributed by atoms with E-state index < -0.39 is 10.0 Å². The highest BCUT2D eigenvalue weighted by Crippen LogP contribution is 2.16. The summed E-state index contributed by atoms with van der Waals surface area (Å²) in [5.74, 6) is 0.189. The maximum Gasteiger partial charge on any atom is 0.214 e. The molecule has 0 spiro atoms. The largest absolute Gasteiger partial charge is 0.214 e. The number of hydrogen-bond donors (Lipinski definition) is 0. The molecule has 136 valence electrons. The molecule has 4 heteroatoms. The van der Waals surface area contributed by atoms with Crippen LogP contribution in [0.3, 0.4) is 0 Å². The lowest BCUT2D eigenvalue weighted by atomic mass is 10.1. The molecule has 0 saturated carbocycles. The number of rotatable bonds is 10. The van der Waals surface area contributed by atoms with Crippen molar-refractivity contribution in [1.82, 2.24) is 4.31 Å². The third-order valence-electron chi connectivity index (χ3n) is 4.26. The van der Waals surface area contributed by atoms with Gasteiger partial charge in [0.05, 0.1) is 5.75 Å². The maximum atomic E-state index is 12.7. The van der Waals surface area contributed by atoms with Crippen LogP contribution in [0, 0.1) is 0 Å². The second-order valence-electron chi connectivity index (χ2n) is 6.49. The molecular weight excluding hydrogens is 330 g/mol. The zero-order valence-corrected chi connectivity index (χ0v) is 16.1. The SMILES string of the molecule is CCCCc1ccc(CN(Cc2ccccc2)S(=O)(=O)CCC)cc1. The smallest absolute Gasteiger partial charge is 0.212 e. The number of unbranched alkanes of at least 4 members (excludes halogenated alkanes) is 1. The van der Waals surface area contributed by atoms with E-state index in [1.54, 1.807) is 4.31 Å². The Morgan fingerprint density at radius 2 is 1.32 bits per heavy atom. The predicted molar refractivity (Wildman–Crippen MR) is 105 cm³/mol. The van der Waals surface area contributed by atoms with Crippen molar-refractivity contribution < 1.29 is 8.42 Å². The topological polar surface area (TPSA) is 37.4 Å². The van der Waals surface area contributed by atoms with Gasteiger partial charge in [-0.2, -0.15) is 4.31 Å². The molecule has 2 aromatic carbocycles. The maximum absolute atomic E-state index is 12.7. The van der Waals surface area contributed by atoms with Crippen molar-refractivity contribution >= 4 is 10.0 Å². The highest BCUT2D eigenvalue weighted by Gasteiger charge is 2.21. The lowest BCUT2D eigenvalue weighted by Gasteiger charge is -2.22. The molecule has 0 heterocycles. The first kappa shape index (κ1) is 19.7. The Kier molecular flexibility index (Phi) is 7.66. The van der Waals surface area contributed by atoms with Gasteiger partial charge in [-0.05, 0) is 36.0 Å². The van der Waals surface area contributed by atoms with Gasteiger partial charge < -0.3 is 0 Å². The van der Waals surface area contributed by atoms with Crippen LogP contribution in [0.5, 0.6) is 0 Å². The lowest BCUT2D eigenvalue weighted by Crippen LogP contribution is -2.32. The van der Waals surface area contributed by atoms with E-state index in [0.29, 0.717) is 19.5 Å². The van der Waals surface area contributed by atoms with Crippen molar-refractivity contribution in [3.05, 3.63) is 71.3 Å². The molecule has 0 amide bonds. The summed E-state index contributed by atoms with van der Waals surface area (Å²) >= 11 is 0. The van der Waals surface area contributed by atoms with E-state index in [2.05, 4.69) is 31.2 Å². The van der Waals surface area contributed by atoms with Gasteiger partial charge in [-0.15, -0.1) is 0 Å². The molecule has 0 aliphatic rings. The molecule has 0 fully saturated rings. The molecular formula is C21H29NO2S. The summed E-state index contributed by atoms with van der Waals surface area (Å²) in [4.78, 5) is 0. The highest BCUT2D eigenvalue weighted by atomic mass is 32.2. The summed E-state index contributed by atoms with van der Waals surface area (Å²) in [5.41, 5.74) is 3.37. The molecule has 2 rings (SSSR count). The molecule has 0 aliphatic carbocycles. The number of hydrogen-bond acceptors (Lipinski definition) is 2. The first-order chi connectivity index (χ1) is 12.0. The minimum Gasteiger partial charge on any atom is -0.212 e. The van der Waals surface area contributed by atoms with Gasteiger partial charge in [-0.25, -0.2) is 8.42 Å². The van der Waals surface area contributed by atoms with Crippen molar-refractivity contribution in [2.75, 3.05) is 5.75 Å². The summed E-state index contributed by atoms with van der Waals surface area (Å²) < 4.78 is 27.0. The first-order valence-electron chi connectivity index (χ1n) is 9.14. The predicted octanol–water partition coefficient (Wildman–Crippen LogP) is 4.77. The van der Waals surface area contributed by atoms with Gasteiger partial charge in [0.2, 0.25) is 10.0 Å². The van der Waals surface area contributed by atoms with E-state index >= 15 is 0 Å². The molecule has 0 bridgehead atoms. The van der Waals surface area contributed by atoms with E-state index in [-0.39, 0.29) is 5.75 Å². The molecule has 0 atom stereocenters. The van der Waals surface area contributed by atoms with Crippen molar-refractivity contribution in [3.8, 4) is 0 Å². The Bertz CT molecular complexity index is 724. The van der Waals surface area contributed by atoms with Crippen LogP contribution in [0.1, 0.15) is 49.8 Å². The van der Waals surface area contributed by atoms with Crippen LogP contribution in [0.25, 0.3) is 0 Å². The molecule has 2 aromatic rings. The Balaban J connectivity index is 2.15. The van der Waals surface area contributed by atoms with Crippen molar-refractivity contribution in [3.63, 3.8) is 0 Å². The summed E-state index contributed by atoms with van der Waals surface area (Å²) in [7, 11) is -3.26. The van der Waals surface area contributed by atoms with Gasteiger partial charge in [0.15, 0.2) is 0 Å². The number of sulfonamides is 1. The van der Waals surface area contributed by atoms with Gasteiger partial charge in [-0.1, -0.05) is 74.9 Å². The van der Waals surface area contributed by atoms with Gasteiger partial charge in [0.25, 0.3) is 0 Å². The van der Waals surface area contributed by atoms with Gasteiger partial charge in [-0.3, -0.25) is 0 Å². The van der Waals surface area contributed by atoms with Crippen LogP contribution in [0.4, 0.5) is 0 Å². The van der Waals surface area contributed by atoms with Crippen molar-refractivity contribution in [2.24, 2.45) is 0 Å². The molecule has 0 saturated heterocycles. The zero-order chi connectivity index (χ0) is 18.1. The minimum atomic E-state index is -3.26. The fourth-order valence-electron chi connectivity index (χ4n) is 2.82. The molecule has 0 radical (unpaired) electrons. The summed E-state index contributed by atoms with van der Waals surface area (Å²) in [5, 5.41) is 0. The van der Waals surface area contributed by atoms with Crippen LogP contribution in [-0.4, -0.2) is 18.5 Å². The fourth-order valence-corrected chi connectivity index (χ4v) is 4.29. The standard InChI is InChI=1S/C21H29NO2S/c1-3-5-9-19-12-14-21(15-13-19)18-22(25(23,24)16-4-2)17-20-10-7-6-8-11-20/h6-8,10-15H,3-5,9,16-18H2,1-2H3. The van der Waals surface area contributed by atoms with E-state index in [1.807, 2.05) is 37.3 Å². The third kappa shape index (κ3) is 6.29. The second-order valence-corrected chi connectivity index (χ2v) is 8.58. The fraction of sp³-hybridized carbons (Fsp3) is 0.429. The summed E-state index contributed by atoms with van der Waals surface area (Å²) in [6.45, 7) is 4.93. The van der Waals surface area contributed by atoms with Crippen LogP contribution in [0.2, 0.25) is 0 Å². The number of benzene rings is 2. The van der Waals surface area contributed by atoms with Crippen molar-refractivity contribution in [1.29, 1.82) is 0 Å². The zero-order valence-electron chi connectivity index (χ0n) is 15.3. The average Bonchev–Trinajstić information content (AvgIpc) is 2.61. The highest BCUT2D eigenvalue weighted by molar-refractivity contribution is 7.89. The first-order valence-corrected chi connectivity index (χ1v) is 10.8. The lowest BCUT2D eigenvalue weighted by molar-refractivity contribution is 0.401. The van der Waals surface area contributed by atoms with E-state index in [9.17, 15) is 8.42 Å². The second kappa shape index (κ2) is 9.73. The van der Waals surface area contributed by atoms with Crippen LogP contribution in [0.15, 0.2) is 54.6 Å². The van der Waals surface area contributed by atoms with Crippen LogP contribution in [-0.2, 0) is 29.5 Å². The Labute approximate surface area is 152 Å². The number of nitrogens with zero attached hydrogens (tertiary/aromatic N) is 1. The molecule has 3 nitrogen and oxygen atoms in total. The summed E-state index contributed by atoms with van der Waals surface area (Å²) in [6.07, 6.45) is 4.08. The van der Waals surface area contributed by atoms with Crippen LogP contribution >= 0.6 is 0 Å². The Morgan fingerprint density at radius 3 is 1.88 bits per heavy atom. The third-order valence-corrected chi connectivity index (χ3v) is 6.23. The number of aryl methyl sites for hydroxylation is 1. The van der Waals surface area contributed by atoms with Crippen LogP contribution < -0.4 is 0 Å². The normalized spacial score (nSPS) is 11.8. The molecule has 0 N–H and O–H groups in total. The van der Waals surface area contributed by atoms with E-state index in [1.165, 1.54) is 18.4 Å². The molecule has 0 aliphatic heterocycles. The quantitative estimate of drug-likeness (QED) is 0.613. The molecule has 25 heavy (non-hydrogen) atoms. The molecule has 0 aromatic heterocycles. The summed E-state index contributed by atoms with van der Waals surface area (Å²) in [6, 6.07) is 18.2. The van der Waals surface area contributed by atoms with E-state index in [4.69, 9.17) is 0 Å². The molecule has 0 unspecified atom stereocenters. The Morgan fingerprint density at radius 1 is 0.760 bits per heavy atom. The van der Waals surface area contributed by atoms with Gasteiger partial charge in [0, 0.05) is 13.1 Å². The Hall–Kier alpha value is -1.65.